The quantitative estimate of drug-likeness (QED) is 0.377. The second-order valence-corrected chi connectivity index (χ2v) is 7.14. The zero-order valence-electron chi connectivity index (χ0n) is 14.7. The number of hydrogen-bond acceptors (Lipinski definition) is 1. The van der Waals surface area contributed by atoms with E-state index in [9.17, 15) is 4.79 Å². The van der Waals surface area contributed by atoms with Crippen LogP contribution in [-0.2, 0) is 4.79 Å². The maximum absolute atomic E-state index is 10.5. The smallest absolute Gasteiger partial charge is 0.303 e. The maximum Gasteiger partial charge on any atom is 0.303 e. The molecule has 2 heteroatoms. The summed E-state index contributed by atoms with van der Waals surface area (Å²) in [6.45, 7) is 2.28. The van der Waals surface area contributed by atoms with E-state index in [4.69, 9.17) is 5.11 Å². The van der Waals surface area contributed by atoms with Crippen molar-refractivity contribution < 1.29 is 9.90 Å². The lowest BCUT2D eigenvalue weighted by atomic mass is 9.86. The van der Waals surface area contributed by atoms with Gasteiger partial charge < -0.3 is 5.11 Å². The Balaban J connectivity index is 1.99. The zero-order valence-corrected chi connectivity index (χ0v) is 14.7. The van der Waals surface area contributed by atoms with Crippen molar-refractivity contribution in [2.24, 2.45) is 11.8 Å². The molecule has 2 unspecified atom stereocenters. The van der Waals surface area contributed by atoms with E-state index in [2.05, 4.69) is 13.3 Å². The lowest BCUT2D eigenvalue weighted by Gasteiger charge is -2.19. The van der Waals surface area contributed by atoms with E-state index >= 15 is 0 Å². The van der Waals surface area contributed by atoms with Crippen molar-refractivity contribution in [3.8, 4) is 0 Å². The molecule has 22 heavy (non-hydrogen) atoms. The van der Waals surface area contributed by atoms with Crippen LogP contribution in [0.3, 0.4) is 0 Å². The molecule has 0 aromatic heterocycles. The summed E-state index contributed by atoms with van der Waals surface area (Å²) in [5.41, 5.74) is 0. The summed E-state index contributed by atoms with van der Waals surface area (Å²) in [5.74, 6) is 1.16. The van der Waals surface area contributed by atoms with Crippen LogP contribution >= 0.6 is 0 Å². The zero-order chi connectivity index (χ0) is 16.0. The molecule has 0 heterocycles. The second kappa shape index (κ2) is 13.0. The molecule has 1 rings (SSSR count). The van der Waals surface area contributed by atoms with E-state index in [0.29, 0.717) is 6.42 Å². The summed E-state index contributed by atoms with van der Waals surface area (Å²) in [4.78, 5) is 10.5. The van der Waals surface area contributed by atoms with Crippen molar-refractivity contribution in [3.63, 3.8) is 0 Å². The van der Waals surface area contributed by atoms with Crippen molar-refractivity contribution >= 4 is 5.97 Å². The number of rotatable bonds is 14. The van der Waals surface area contributed by atoms with Gasteiger partial charge in [0.05, 0.1) is 0 Å². The molecular weight excluding hydrogens is 272 g/mol. The van der Waals surface area contributed by atoms with Crippen LogP contribution in [0.4, 0.5) is 0 Å². The molecule has 129 valence electrons. The van der Waals surface area contributed by atoms with E-state index in [1.165, 1.54) is 77.0 Å². The first-order valence-corrected chi connectivity index (χ1v) is 9.79. The van der Waals surface area contributed by atoms with Gasteiger partial charge in [-0.25, -0.2) is 0 Å². The molecule has 1 fully saturated rings. The number of carboxylic acids is 1. The highest BCUT2D eigenvalue weighted by Crippen LogP contribution is 2.37. The number of carboxylic acid groups (broad SMARTS) is 1. The third-order valence-electron chi connectivity index (χ3n) is 5.22. The van der Waals surface area contributed by atoms with Gasteiger partial charge >= 0.3 is 5.97 Å². The molecular formula is C20H37O2. The molecule has 0 aromatic carbocycles. The first kappa shape index (κ1) is 19.5. The standard InChI is InChI=1S/C20H37O2/c1-2-3-4-5-6-9-13-18-15-12-16-19(18)14-10-7-8-11-17-20(21)22/h16,18-19H,2-15,17H2,1H3,(H,21,22). The maximum atomic E-state index is 10.5. The molecule has 2 nitrogen and oxygen atoms in total. The van der Waals surface area contributed by atoms with Crippen LogP contribution in [0.2, 0.25) is 0 Å². The average molecular weight is 310 g/mol. The normalized spacial score (nSPS) is 21.3. The highest BCUT2D eigenvalue weighted by molar-refractivity contribution is 5.66. The minimum absolute atomic E-state index is 0.343. The van der Waals surface area contributed by atoms with Crippen LogP contribution in [0.15, 0.2) is 0 Å². The molecule has 2 atom stereocenters. The van der Waals surface area contributed by atoms with Crippen molar-refractivity contribution in [1.82, 2.24) is 0 Å². The molecule has 0 aromatic rings. The predicted octanol–water partition coefficient (Wildman–Crippen LogP) is 6.39. The Labute approximate surface area is 138 Å². The summed E-state index contributed by atoms with van der Waals surface area (Å²) in [6.07, 6.45) is 21.3. The summed E-state index contributed by atoms with van der Waals surface area (Å²) >= 11 is 0. The SMILES string of the molecule is CCCCCCCCC1CC[CH]C1CCCCCCC(=O)O. The lowest BCUT2D eigenvalue weighted by molar-refractivity contribution is -0.137. The molecule has 1 aliphatic rings. The van der Waals surface area contributed by atoms with Gasteiger partial charge in [-0.1, -0.05) is 71.1 Å². The van der Waals surface area contributed by atoms with Gasteiger partial charge in [-0.3, -0.25) is 4.79 Å². The summed E-state index contributed by atoms with van der Waals surface area (Å²) < 4.78 is 0. The second-order valence-electron chi connectivity index (χ2n) is 7.14. The van der Waals surface area contributed by atoms with Crippen LogP contribution in [0.25, 0.3) is 0 Å². The highest BCUT2D eigenvalue weighted by Gasteiger charge is 2.26. The fourth-order valence-corrected chi connectivity index (χ4v) is 3.84. The van der Waals surface area contributed by atoms with E-state index in [-0.39, 0.29) is 0 Å². The van der Waals surface area contributed by atoms with Crippen LogP contribution in [0.5, 0.6) is 0 Å². The van der Waals surface area contributed by atoms with Crippen LogP contribution < -0.4 is 0 Å². The first-order chi connectivity index (χ1) is 10.7. The molecule has 1 N–H and O–H groups in total. The van der Waals surface area contributed by atoms with Crippen molar-refractivity contribution in [1.29, 1.82) is 0 Å². The summed E-state index contributed by atoms with van der Waals surface area (Å²) in [6, 6.07) is 0. The van der Waals surface area contributed by atoms with Gasteiger partial charge in [0.25, 0.3) is 0 Å². The number of hydrogen-bond donors (Lipinski definition) is 1. The van der Waals surface area contributed by atoms with Gasteiger partial charge in [0.2, 0.25) is 0 Å². The number of carbonyl (C=O) groups is 1. The van der Waals surface area contributed by atoms with Gasteiger partial charge in [0.15, 0.2) is 0 Å². The number of aliphatic carboxylic acids is 1. The fourth-order valence-electron chi connectivity index (χ4n) is 3.84. The number of unbranched alkanes of at least 4 members (excludes halogenated alkanes) is 8. The van der Waals surface area contributed by atoms with Gasteiger partial charge in [0.1, 0.15) is 0 Å². The highest BCUT2D eigenvalue weighted by atomic mass is 16.4. The Morgan fingerprint density at radius 3 is 2.32 bits per heavy atom. The molecule has 0 aliphatic heterocycles. The molecule has 0 bridgehead atoms. The first-order valence-electron chi connectivity index (χ1n) is 9.79. The van der Waals surface area contributed by atoms with Crippen LogP contribution in [0, 0.1) is 18.3 Å². The Morgan fingerprint density at radius 2 is 1.59 bits per heavy atom. The van der Waals surface area contributed by atoms with Crippen molar-refractivity contribution in [2.75, 3.05) is 0 Å². The summed E-state index contributed by atoms with van der Waals surface area (Å²) in [7, 11) is 0. The minimum Gasteiger partial charge on any atom is -0.481 e. The predicted molar refractivity (Wildman–Crippen MR) is 93.8 cm³/mol. The van der Waals surface area contributed by atoms with Crippen molar-refractivity contribution in [2.45, 2.75) is 103 Å². The Hall–Kier alpha value is -0.530. The largest absolute Gasteiger partial charge is 0.481 e. The van der Waals surface area contributed by atoms with Gasteiger partial charge in [-0.05, 0) is 43.9 Å². The third-order valence-corrected chi connectivity index (χ3v) is 5.22. The van der Waals surface area contributed by atoms with E-state index in [1.54, 1.807) is 0 Å². The molecule has 0 saturated heterocycles. The minimum atomic E-state index is -0.650. The topological polar surface area (TPSA) is 37.3 Å². The average Bonchev–Trinajstić information content (AvgIpc) is 2.93. The Kier molecular flexibility index (Phi) is 11.5. The van der Waals surface area contributed by atoms with Gasteiger partial charge in [-0.2, -0.15) is 0 Å². The third kappa shape index (κ3) is 9.48. The lowest BCUT2D eigenvalue weighted by Crippen LogP contribution is -2.08. The Bertz CT molecular complexity index is 275. The molecule has 0 spiro atoms. The van der Waals surface area contributed by atoms with E-state index in [0.717, 1.165) is 24.7 Å². The Morgan fingerprint density at radius 1 is 0.955 bits per heavy atom. The molecule has 0 amide bonds. The monoisotopic (exact) mass is 309 g/mol. The molecule has 1 saturated carbocycles. The van der Waals surface area contributed by atoms with E-state index < -0.39 is 5.97 Å². The molecule has 1 radical (unpaired) electrons. The van der Waals surface area contributed by atoms with Gasteiger partial charge in [0, 0.05) is 6.42 Å². The van der Waals surface area contributed by atoms with Gasteiger partial charge in [-0.15, -0.1) is 0 Å². The fraction of sp³-hybridized carbons (Fsp3) is 0.900. The van der Waals surface area contributed by atoms with Crippen LogP contribution in [0.1, 0.15) is 103 Å². The molecule has 1 aliphatic carbocycles. The van der Waals surface area contributed by atoms with Crippen molar-refractivity contribution in [3.05, 3.63) is 6.42 Å². The van der Waals surface area contributed by atoms with Crippen LogP contribution in [-0.4, -0.2) is 11.1 Å². The summed E-state index contributed by atoms with van der Waals surface area (Å²) in [5, 5.41) is 8.62. The van der Waals surface area contributed by atoms with E-state index in [1.807, 2.05) is 0 Å².